The predicted octanol–water partition coefficient (Wildman–Crippen LogP) is 3.15. The number of rotatable bonds is 6. The molecule has 0 radical (unpaired) electrons. The van der Waals surface area contributed by atoms with Gasteiger partial charge in [-0.1, -0.05) is 13.8 Å². The quantitative estimate of drug-likeness (QED) is 0.446. The Labute approximate surface area is 204 Å². The minimum Gasteiger partial charge on any atom is -0.370 e. The number of amides is 1. The first-order chi connectivity index (χ1) is 16.8. The molecule has 3 N–H and O–H groups in total. The lowest BCUT2D eigenvalue weighted by Crippen LogP contribution is -2.69. The third kappa shape index (κ3) is 3.48. The van der Waals surface area contributed by atoms with Gasteiger partial charge in [-0.05, 0) is 49.4 Å². The van der Waals surface area contributed by atoms with Crippen molar-refractivity contribution < 1.29 is 4.79 Å². The van der Waals surface area contributed by atoms with Gasteiger partial charge >= 0.3 is 0 Å². The molecular formula is C26H32N8O. The van der Waals surface area contributed by atoms with Crippen LogP contribution in [0, 0.1) is 13.8 Å². The van der Waals surface area contributed by atoms with Gasteiger partial charge in [-0.2, -0.15) is 5.10 Å². The van der Waals surface area contributed by atoms with Crippen LogP contribution in [-0.2, 0) is 4.79 Å². The van der Waals surface area contributed by atoms with Crippen molar-refractivity contribution >= 4 is 28.4 Å². The average Bonchev–Trinajstić information content (AvgIpc) is 3.45. The fourth-order valence-corrected chi connectivity index (χ4v) is 5.96. The van der Waals surface area contributed by atoms with E-state index in [1.165, 1.54) is 17.5 Å². The number of aromatic amines is 1. The predicted molar refractivity (Wildman–Crippen MR) is 137 cm³/mol. The van der Waals surface area contributed by atoms with E-state index in [0.29, 0.717) is 24.4 Å². The number of anilines is 1. The van der Waals surface area contributed by atoms with E-state index in [-0.39, 0.29) is 5.91 Å². The van der Waals surface area contributed by atoms with Crippen LogP contribution in [0.4, 0.5) is 5.82 Å². The molecule has 0 aliphatic carbocycles. The maximum atomic E-state index is 11.2. The Hall–Kier alpha value is -3.46. The van der Waals surface area contributed by atoms with Crippen LogP contribution in [0.1, 0.15) is 49.3 Å². The molecule has 7 heterocycles. The molecule has 0 saturated carbocycles. The number of primary amides is 1. The maximum absolute atomic E-state index is 11.2. The number of piperidine rings is 1. The number of pyridine rings is 2. The average molecular weight is 473 g/mol. The van der Waals surface area contributed by atoms with E-state index in [1.54, 1.807) is 6.33 Å². The maximum Gasteiger partial charge on any atom is 0.218 e. The zero-order valence-corrected chi connectivity index (χ0v) is 20.7. The second-order valence-electron chi connectivity index (χ2n) is 10.4. The van der Waals surface area contributed by atoms with Gasteiger partial charge in [-0.3, -0.25) is 9.69 Å². The molecule has 3 aliphatic heterocycles. The lowest BCUT2D eigenvalue weighted by atomic mass is 9.87. The van der Waals surface area contributed by atoms with Crippen LogP contribution in [-0.4, -0.2) is 67.1 Å². The second-order valence-corrected chi connectivity index (χ2v) is 10.4. The summed E-state index contributed by atoms with van der Waals surface area (Å²) in [6, 6.07) is 5.23. The number of hydrogen-bond acceptors (Lipinski definition) is 6. The van der Waals surface area contributed by atoms with Crippen molar-refractivity contribution in [1.82, 2.24) is 29.5 Å². The molecule has 3 saturated heterocycles. The monoisotopic (exact) mass is 472 g/mol. The number of nitrogens with one attached hydrogen (secondary N) is 1. The Bertz CT molecular complexity index is 1440. The highest BCUT2D eigenvalue weighted by atomic mass is 16.1. The van der Waals surface area contributed by atoms with E-state index in [2.05, 4.69) is 70.9 Å². The Morgan fingerprint density at radius 2 is 1.97 bits per heavy atom. The third-order valence-electron chi connectivity index (χ3n) is 7.92. The summed E-state index contributed by atoms with van der Waals surface area (Å²) >= 11 is 0. The van der Waals surface area contributed by atoms with E-state index in [0.717, 1.165) is 59.0 Å². The number of piperazine rings is 1. The molecule has 4 aromatic rings. The van der Waals surface area contributed by atoms with Crippen LogP contribution in [0.2, 0.25) is 0 Å². The number of carbonyl (C=O) groups excluding carboxylic acids is 1. The number of fused-ring (bicyclic) bond motifs is 4. The van der Waals surface area contributed by atoms with E-state index >= 15 is 0 Å². The van der Waals surface area contributed by atoms with Crippen molar-refractivity contribution in [2.75, 3.05) is 24.5 Å². The van der Waals surface area contributed by atoms with Gasteiger partial charge in [-0.15, -0.1) is 0 Å². The largest absolute Gasteiger partial charge is 0.370 e. The van der Waals surface area contributed by atoms with Crippen molar-refractivity contribution in [2.24, 2.45) is 5.73 Å². The van der Waals surface area contributed by atoms with E-state index in [4.69, 9.17) is 10.7 Å². The zero-order chi connectivity index (χ0) is 24.4. The third-order valence-corrected chi connectivity index (χ3v) is 7.92. The van der Waals surface area contributed by atoms with Gasteiger partial charge in [0.1, 0.15) is 12.1 Å². The van der Waals surface area contributed by atoms with Crippen LogP contribution in [0.25, 0.3) is 27.9 Å². The Morgan fingerprint density at radius 3 is 2.69 bits per heavy atom. The standard InChI is InChI=1S/C26H32N8O/c1-14(2)23-24(19-12-34-26(28-13-29-34)16(4)15(19)3)30-20-5-6-22(31-25(20)23)32-10-17-9-18(11-32)33(17)8-7-21(27)35/h5-6,12-14,17-18,30H,7-11H2,1-4H3,(H2,27,35)/t17-,18+. The van der Waals surface area contributed by atoms with Gasteiger partial charge in [0, 0.05) is 55.5 Å². The van der Waals surface area contributed by atoms with Gasteiger partial charge < -0.3 is 15.6 Å². The highest BCUT2D eigenvalue weighted by Crippen LogP contribution is 2.39. The highest BCUT2D eigenvalue weighted by molar-refractivity contribution is 5.90. The number of nitrogens with two attached hydrogens (primary N) is 1. The van der Waals surface area contributed by atoms with Crippen LogP contribution in [0.15, 0.2) is 24.7 Å². The summed E-state index contributed by atoms with van der Waals surface area (Å²) in [5.74, 6) is 1.09. The van der Waals surface area contributed by atoms with Crippen LogP contribution >= 0.6 is 0 Å². The molecule has 9 nitrogen and oxygen atoms in total. The summed E-state index contributed by atoms with van der Waals surface area (Å²) < 4.78 is 1.86. The van der Waals surface area contributed by atoms with Crippen LogP contribution in [0.3, 0.4) is 0 Å². The number of aromatic nitrogens is 5. The summed E-state index contributed by atoms with van der Waals surface area (Å²) in [5, 5.41) is 4.39. The molecule has 0 aromatic carbocycles. The highest BCUT2D eigenvalue weighted by Gasteiger charge is 2.44. The fourth-order valence-electron chi connectivity index (χ4n) is 5.96. The molecule has 9 heteroatoms. The Morgan fingerprint density at radius 1 is 1.20 bits per heavy atom. The minimum atomic E-state index is -0.225. The SMILES string of the molecule is Cc1c(-c2[nH]c3ccc(N4C[C@H]5C[C@@H](C4)N5CCC(N)=O)nc3c2C(C)C)cn2ncnc2c1C. The van der Waals surface area contributed by atoms with E-state index in [9.17, 15) is 4.79 Å². The number of hydrogen-bond donors (Lipinski definition) is 2. The second kappa shape index (κ2) is 8.05. The number of nitrogens with zero attached hydrogens (tertiary/aromatic N) is 6. The van der Waals surface area contributed by atoms with Crippen LogP contribution < -0.4 is 10.6 Å². The minimum absolute atomic E-state index is 0.225. The summed E-state index contributed by atoms with van der Waals surface area (Å²) in [6.45, 7) is 11.3. The molecule has 7 rings (SSSR count). The van der Waals surface area contributed by atoms with Crippen molar-refractivity contribution in [2.45, 2.75) is 58.5 Å². The molecule has 4 aromatic heterocycles. The molecule has 0 unspecified atom stereocenters. The lowest BCUT2D eigenvalue weighted by molar-refractivity contribution is -0.119. The van der Waals surface area contributed by atoms with E-state index < -0.39 is 0 Å². The summed E-state index contributed by atoms with van der Waals surface area (Å²) in [4.78, 5) is 29.3. The number of H-pyrrole nitrogens is 1. The fraction of sp³-hybridized carbons (Fsp3) is 0.462. The van der Waals surface area contributed by atoms with Gasteiger partial charge in [0.25, 0.3) is 0 Å². The normalized spacial score (nSPS) is 20.2. The summed E-state index contributed by atoms with van der Waals surface area (Å²) in [5.41, 5.74) is 14.1. The van der Waals surface area contributed by atoms with Gasteiger partial charge in [-0.25, -0.2) is 14.5 Å². The van der Waals surface area contributed by atoms with Crippen molar-refractivity contribution in [3.63, 3.8) is 0 Å². The molecular weight excluding hydrogens is 440 g/mol. The van der Waals surface area contributed by atoms with E-state index in [1.807, 2.05) is 4.52 Å². The van der Waals surface area contributed by atoms with Gasteiger partial charge in [0.2, 0.25) is 5.91 Å². The number of aryl methyl sites for hydroxylation is 1. The molecule has 182 valence electrons. The first kappa shape index (κ1) is 22.0. The summed E-state index contributed by atoms with van der Waals surface area (Å²) in [7, 11) is 0. The molecule has 3 fully saturated rings. The summed E-state index contributed by atoms with van der Waals surface area (Å²) in [6.07, 6.45) is 5.29. The molecule has 2 atom stereocenters. The van der Waals surface area contributed by atoms with Crippen molar-refractivity contribution in [1.29, 1.82) is 0 Å². The lowest BCUT2D eigenvalue weighted by Gasteiger charge is -2.56. The van der Waals surface area contributed by atoms with Crippen LogP contribution in [0.5, 0.6) is 0 Å². The van der Waals surface area contributed by atoms with Crippen molar-refractivity contribution in [3.8, 4) is 11.3 Å². The van der Waals surface area contributed by atoms with Gasteiger partial charge in [0.05, 0.1) is 16.7 Å². The number of carbonyl (C=O) groups is 1. The zero-order valence-electron chi connectivity index (χ0n) is 20.7. The Balaban J connectivity index is 1.37. The molecule has 2 bridgehead atoms. The molecule has 3 aliphatic rings. The first-order valence-corrected chi connectivity index (χ1v) is 12.4. The van der Waals surface area contributed by atoms with Crippen molar-refractivity contribution in [3.05, 3.63) is 41.3 Å². The first-order valence-electron chi connectivity index (χ1n) is 12.4. The molecule has 35 heavy (non-hydrogen) atoms. The molecule has 0 spiro atoms. The smallest absolute Gasteiger partial charge is 0.218 e. The molecule has 1 amide bonds. The van der Waals surface area contributed by atoms with Gasteiger partial charge in [0.15, 0.2) is 5.65 Å². The topological polar surface area (TPSA) is 108 Å². The Kier molecular flexibility index (Phi) is 5.07.